The molecule has 1 atom stereocenters. The second-order valence-corrected chi connectivity index (χ2v) is 6.29. The molecule has 27 heavy (non-hydrogen) atoms. The second-order valence-electron chi connectivity index (χ2n) is 5.89. The van der Waals surface area contributed by atoms with E-state index in [1.807, 2.05) is 0 Å². The van der Waals surface area contributed by atoms with E-state index < -0.39 is 28.8 Å². The third kappa shape index (κ3) is 4.00. The highest BCUT2D eigenvalue weighted by molar-refractivity contribution is 6.31. The molecule has 142 valence electrons. The van der Waals surface area contributed by atoms with Gasteiger partial charge in [-0.3, -0.25) is 9.59 Å². The first-order chi connectivity index (χ1) is 12.7. The summed E-state index contributed by atoms with van der Waals surface area (Å²) in [6.45, 7) is 1.30. The minimum atomic E-state index is -4.65. The molecule has 0 spiro atoms. The number of rotatable bonds is 2. The van der Waals surface area contributed by atoms with Crippen LogP contribution in [0.2, 0.25) is 5.02 Å². The fourth-order valence-electron chi connectivity index (χ4n) is 2.71. The fourth-order valence-corrected chi connectivity index (χ4v) is 2.94. The average Bonchev–Trinajstić information content (AvgIpc) is 2.61. The zero-order valence-corrected chi connectivity index (χ0v) is 14.8. The molecule has 0 bridgehead atoms. The van der Waals surface area contributed by atoms with Crippen LogP contribution in [-0.4, -0.2) is 24.5 Å². The number of carbonyl (C=O) groups excluding carboxylic acids is 2. The standard InChI is InChI=1S/C18H14ClF3N2O3/c1-10(25)24-9-16(27-15-5-3-2-4-14(15)24)17(26)23-11-6-7-13(19)12(8-11)18(20,21)22/h2-8,16H,9H2,1H3,(H,23,26)/t16-/m1/s1. The molecule has 0 aliphatic carbocycles. The van der Waals surface area contributed by atoms with Gasteiger partial charge in [-0.05, 0) is 30.3 Å². The van der Waals surface area contributed by atoms with Crippen molar-refractivity contribution in [3.63, 3.8) is 0 Å². The first-order valence-corrected chi connectivity index (χ1v) is 8.26. The van der Waals surface area contributed by atoms with Gasteiger partial charge in [-0.15, -0.1) is 0 Å². The maximum absolute atomic E-state index is 13.0. The summed E-state index contributed by atoms with van der Waals surface area (Å²) in [4.78, 5) is 25.8. The number of hydrogen-bond acceptors (Lipinski definition) is 3. The van der Waals surface area contributed by atoms with E-state index >= 15 is 0 Å². The van der Waals surface area contributed by atoms with Crippen LogP contribution < -0.4 is 15.0 Å². The van der Waals surface area contributed by atoms with E-state index in [-0.39, 0.29) is 18.1 Å². The molecule has 0 unspecified atom stereocenters. The second kappa shape index (κ2) is 7.11. The van der Waals surface area contributed by atoms with Gasteiger partial charge in [0.2, 0.25) is 5.91 Å². The normalized spacial score (nSPS) is 16.3. The van der Waals surface area contributed by atoms with Gasteiger partial charge in [0, 0.05) is 12.6 Å². The number of amides is 2. The Hall–Kier alpha value is -2.74. The Labute approximate surface area is 157 Å². The van der Waals surface area contributed by atoms with Gasteiger partial charge in [0.1, 0.15) is 5.75 Å². The number of para-hydroxylation sites is 2. The van der Waals surface area contributed by atoms with Gasteiger partial charge in [0.15, 0.2) is 6.10 Å². The van der Waals surface area contributed by atoms with Crippen LogP contribution in [0.5, 0.6) is 5.75 Å². The molecule has 0 saturated carbocycles. The largest absolute Gasteiger partial charge is 0.476 e. The highest BCUT2D eigenvalue weighted by Gasteiger charge is 2.35. The molecule has 2 amide bonds. The number of fused-ring (bicyclic) bond motifs is 1. The van der Waals surface area contributed by atoms with E-state index in [2.05, 4.69) is 5.32 Å². The lowest BCUT2D eigenvalue weighted by Gasteiger charge is -2.33. The smallest absolute Gasteiger partial charge is 0.417 e. The number of anilines is 2. The topological polar surface area (TPSA) is 58.6 Å². The molecule has 0 saturated heterocycles. The average molecular weight is 399 g/mol. The number of hydrogen-bond donors (Lipinski definition) is 1. The van der Waals surface area contributed by atoms with Gasteiger partial charge in [-0.2, -0.15) is 13.2 Å². The summed E-state index contributed by atoms with van der Waals surface area (Å²) in [7, 11) is 0. The predicted octanol–water partition coefficient (Wildman–Crippen LogP) is 4.11. The van der Waals surface area contributed by atoms with Gasteiger partial charge in [-0.25, -0.2) is 0 Å². The summed E-state index contributed by atoms with van der Waals surface area (Å²) in [5.74, 6) is -0.619. The lowest BCUT2D eigenvalue weighted by atomic mass is 10.1. The Morgan fingerprint density at radius 3 is 2.59 bits per heavy atom. The van der Waals surface area contributed by atoms with Gasteiger partial charge in [0.25, 0.3) is 5.91 Å². The van der Waals surface area contributed by atoms with Crippen molar-refractivity contribution < 1.29 is 27.5 Å². The summed E-state index contributed by atoms with van der Waals surface area (Å²) in [6.07, 6.45) is -5.72. The van der Waals surface area contributed by atoms with Crippen molar-refractivity contribution in [2.75, 3.05) is 16.8 Å². The number of halogens is 4. The number of benzene rings is 2. The first-order valence-electron chi connectivity index (χ1n) is 7.88. The van der Waals surface area contributed by atoms with Crippen LogP contribution in [0.15, 0.2) is 42.5 Å². The van der Waals surface area contributed by atoms with Crippen LogP contribution in [-0.2, 0) is 15.8 Å². The Morgan fingerprint density at radius 2 is 1.93 bits per heavy atom. The van der Waals surface area contributed by atoms with Gasteiger partial charge < -0.3 is 15.0 Å². The van der Waals surface area contributed by atoms with Gasteiger partial charge in [0.05, 0.1) is 22.8 Å². The molecule has 2 aromatic carbocycles. The Balaban J connectivity index is 1.82. The fraction of sp³-hybridized carbons (Fsp3) is 0.222. The van der Waals surface area contributed by atoms with E-state index in [1.54, 1.807) is 24.3 Å². The molecule has 5 nitrogen and oxygen atoms in total. The number of nitrogens with zero attached hydrogens (tertiary/aromatic N) is 1. The maximum atomic E-state index is 13.0. The summed E-state index contributed by atoms with van der Waals surface area (Å²) in [6, 6.07) is 9.76. The quantitative estimate of drug-likeness (QED) is 0.828. The molecular weight excluding hydrogens is 385 g/mol. The summed E-state index contributed by atoms with van der Waals surface area (Å²) >= 11 is 5.57. The zero-order chi connectivity index (χ0) is 19.8. The summed E-state index contributed by atoms with van der Waals surface area (Å²) < 4.78 is 44.5. The van der Waals surface area contributed by atoms with Crippen molar-refractivity contribution in [2.24, 2.45) is 0 Å². The summed E-state index contributed by atoms with van der Waals surface area (Å²) in [5.41, 5.74) is -0.601. The highest BCUT2D eigenvalue weighted by atomic mass is 35.5. The predicted molar refractivity (Wildman–Crippen MR) is 94.0 cm³/mol. The van der Waals surface area contributed by atoms with Gasteiger partial charge in [-0.1, -0.05) is 23.7 Å². The Kier molecular flexibility index (Phi) is 5.01. The monoisotopic (exact) mass is 398 g/mol. The Bertz CT molecular complexity index is 902. The number of alkyl halides is 3. The maximum Gasteiger partial charge on any atom is 0.417 e. The van der Waals surface area contributed by atoms with Crippen molar-refractivity contribution in [3.05, 3.63) is 53.1 Å². The molecule has 0 radical (unpaired) electrons. The van der Waals surface area contributed by atoms with Crippen molar-refractivity contribution in [1.82, 2.24) is 0 Å². The molecule has 0 aromatic heterocycles. The SMILES string of the molecule is CC(=O)N1C[C@H](C(=O)Nc2ccc(Cl)c(C(F)(F)F)c2)Oc2ccccc21. The first kappa shape index (κ1) is 19.0. The molecular formula is C18H14ClF3N2O3. The lowest BCUT2D eigenvalue weighted by molar-refractivity contribution is -0.137. The van der Waals surface area contributed by atoms with Crippen LogP contribution in [0.25, 0.3) is 0 Å². The lowest BCUT2D eigenvalue weighted by Crippen LogP contribution is -2.48. The minimum Gasteiger partial charge on any atom is -0.476 e. The zero-order valence-electron chi connectivity index (χ0n) is 14.0. The summed E-state index contributed by atoms with van der Waals surface area (Å²) in [5, 5.41) is 1.91. The van der Waals surface area contributed by atoms with E-state index in [0.29, 0.717) is 11.4 Å². The van der Waals surface area contributed by atoms with E-state index in [0.717, 1.165) is 12.1 Å². The molecule has 1 aliphatic heterocycles. The van der Waals surface area contributed by atoms with Crippen molar-refractivity contribution in [2.45, 2.75) is 19.2 Å². The van der Waals surface area contributed by atoms with Crippen LogP contribution >= 0.6 is 11.6 Å². The third-order valence-electron chi connectivity index (χ3n) is 3.99. The minimum absolute atomic E-state index is 0.0576. The molecule has 0 fully saturated rings. The van der Waals surface area contributed by atoms with Gasteiger partial charge >= 0.3 is 6.18 Å². The molecule has 1 aliphatic rings. The number of ether oxygens (including phenoxy) is 1. The Morgan fingerprint density at radius 1 is 1.22 bits per heavy atom. The molecule has 1 N–H and O–H groups in total. The number of nitrogens with one attached hydrogen (secondary N) is 1. The van der Waals surface area contributed by atoms with E-state index in [4.69, 9.17) is 16.3 Å². The molecule has 2 aromatic rings. The number of carbonyl (C=O) groups is 2. The van der Waals surface area contributed by atoms with Crippen LogP contribution in [0.3, 0.4) is 0 Å². The molecule has 3 rings (SSSR count). The van der Waals surface area contributed by atoms with Crippen molar-refractivity contribution in [3.8, 4) is 5.75 Å². The van der Waals surface area contributed by atoms with Crippen LogP contribution in [0.1, 0.15) is 12.5 Å². The van der Waals surface area contributed by atoms with E-state index in [1.165, 1.54) is 17.9 Å². The molecule has 9 heteroatoms. The van der Waals surface area contributed by atoms with E-state index in [9.17, 15) is 22.8 Å². The van der Waals surface area contributed by atoms with Crippen LogP contribution in [0.4, 0.5) is 24.5 Å². The van der Waals surface area contributed by atoms with Crippen molar-refractivity contribution >= 4 is 34.8 Å². The third-order valence-corrected chi connectivity index (χ3v) is 4.32. The highest BCUT2D eigenvalue weighted by Crippen LogP contribution is 2.37. The molecule has 1 heterocycles. The van der Waals surface area contributed by atoms with Crippen molar-refractivity contribution in [1.29, 1.82) is 0 Å². The van der Waals surface area contributed by atoms with Crippen LogP contribution in [0, 0.1) is 0 Å².